The molecule has 0 bridgehead atoms. The maximum Gasteiger partial charge on any atom is 0.317 e. The molecule has 4 aromatic rings. The molecule has 260 valence electrons. The molecule has 4 rings (SSSR count). The molecule has 0 radical (unpaired) electrons. The number of halogens is 6. The van der Waals surface area contributed by atoms with Crippen molar-refractivity contribution in [2.24, 2.45) is 0 Å². The fraction of sp³-hybridized carbons (Fsp3) is 0.250. The van der Waals surface area contributed by atoms with Gasteiger partial charge < -0.3 is 14.7 Å². The van der Waals surface area contributed by atoms with Gasteiger partial charge in [-0.15, -0.1) is 0 Å². The zero-order valence-electron chi connectivity index (χ0n) is 25.8. The predicted octanol–water partition coefficient (Wildman–Crippen LogP) is 6.22. The zero-order valence-corrected chi connectivity index (χ0v) is 27.3. The van der Waals surface area contributed by atoms with E-state index in [1.807, 2.05) is 0 Å². The number of carbonyl (C=O) groups is 3. The van der Waals surface area contributed by atoms with E-state index in [1.165, 1.54) is 30.3 Å². The minimum atomic E-state index is -3.01. The average Bonchev–Trinajstić information content (AvgIpc) is 3.57. The van der Waals surface area contributed by atoms with Gasteiger partial charge in [-0.05, 0) is 23.3 Å². The van der Waals surface area contributed by atoms with Crippen molar-refractivity contribution in [1.82, 2.24) is 25.8 Å². The molecule has 0 aliphatic rings. The third kappa shape index (κ3) is 10.2. The standard InChI is InChI=1S/C32H30Cl2F4N6O5/c1-20(46)44(40-15-23-10-6-12-26(36)31(23)34)24(18-48-43(19-45)29-13-27(41-49-29)21-7-3-2-4-8-21)16-42(17-28(37)38)32(47)39-14-22-9-5-11-25(35)30(22)33/h2-13,19,24,28,40H,14-18H2,1H3,(H,39,47)/t24-/m0/s1. The highest BCUT2D eigenvalue weighted by molar-refractivity contribution is 6.31. The van der Waals surface area contributed by atoms with Gasteiger partial charge in [-0.1, -0.05) is 83.0 Å². The average molecular weight is 726 g/mol. The van der Waals surface area contributed by atoms with Gasteiger partial charge in [-0.2, -0.15) is 5.06 Å². The molecule has 1 atom stereocenters. The lowest BCUT2D eigenvalue weighted by Gasteiger charge is -2.35. The molecule has 1 aromatic heterocycles. The third-order valence-electron chi connectivity index (χ3n) is 7.00. The van der Waals surface area contributed by atoms with Crippen LogP contribution >= 0.6 is 23.2 Å². The Bertz CT molecular complexity index is 1740. The summed E-state index contributed by atoms with van der Waals surface area (Å²) in [7, 11) is 0. The quantitative estimate of drug-likeness (QED) is 0.0800. The highest BCUT2D eigenvalue weighted by atomic mass is 35.5. The first-order valence-corrected chi connectivity index (χ1v) is 15.3. The SMILES string of the molecule is CC(=O)N(NCc1cccc(F)c1Cl)[C@H](CON(C=O)c1cc(-c2ccccc2)no1)CN(CC(F)F)C(=O)NCc1cccc(F)c1Cl. The summed E-state index contributed by atoms with van der Waals surface area (Å²) in [6, 6.07) is 16.0. The molecule has 4 amide bonds. The second-order valence-corrected chi connectivity index (χ2v) is 11.2. The second-order valence-electron chi connectivity index (χ2n) is 10.4. The number of nitrogens with one attached hydrogen (secondary N) is 2. The molecule has 0 fully saturated rings. The molecule has 0 aliphatic carbocycles. The van der Waals surface area contributed by atoms with Crippen molar-refractivity contribution in [3.63, 3.8) is 0 Å². The number of hydroxylamine groups is 1. The summed E-state index contributed by atoms with van der Waals surface area (Å²) < 4.78 is 60.8. The fourth-order valence-electron chi connectivity index (χ4n) is 4.62. The highest BCUT2D eigenvalue weighted by Gasteiger charge is 2.30. The number of urea groups is 1. The van der Waals surface area contributed by atoms with Crippen molar-refractivity contribution >= 4 is 47.4 Å². The zero-order chi connectivity index (χ0) is 35.5. The number of hydrazine groups is 1. The second kappa shape index (κ2) is 17.6. The van der Waals surface area contributed by atoms with Gasteiger partial charge in [0, 0.05) is 38.2 Å². The molecule has 0 aliphatic heterocycles. The topological polar surface area (TPSA) is 120 Å². The largest absolute Gasteiger partial charge is 0.335 e. The number of benzene rings is 3. The van der Waals surface area contributed by atoms with Crippen molar-refractivity contribution in [2.75, 3.05) is 24.8 Å². The van der Waals surface area contributed by atoms with Crippen LogP contribution in [-0.2, 0) is 27.5 Å². The number of anilines is 1. The molecule has 0 unspecified atom stereocenters. The van der Waals surface area contributed by atoms with Gasteiger partial charge in [0.15, 0.2) is 0 Å². The van der Waals surface area contributed by atoms with Crippen LogP contribution in [0.3, 0.4) is 0 Å². The van der Waals surface area contributed by atoms with Crippen LogP contribution in [0.4, 0.5) is 28.2 Å². The Labute approximate surface area is 288 Å². The summed E-state index contributed by atoms with van der Waals surface area (Å²) in [4.78, 5) is 44.6. The molecule has 0 saturated heterocycles. The molecule has 1 heterocycles. The monoisotopic (exact) mass is 724 g/mol. The van der Waals surface area contributed by atoms with Gasteiger partial charge in [-0.25, -0.2) is 27.8 Å². The Morgan fingerprint density at radius 3 is 2.16 bits per heavy atom. The summed E-state index contributed by atoms with van der Waals surface area (Å²) in [5.41, 5.74) is 4.28. The molecule has 0 spiro atoms. The Morgan fingerprint density at radius 2 is 1.57 bits per heavy atom. The van der Waals surface area contributed by atoms with E-state index in [0.717, 1.165) is 24.1 Å². The van der Waals surface area contributed by atoms with Crippen LogP contribution in [0.25, 0.3) is 11.3 Å². The molecule has 11 nitrogen and oxygen atoms in total. The summed E-state index contributed by atoms with van der Waals surface area (Å²) in [5, 5.41) is 7.55. The van der Waals surface area contributed by atoms with Crippen LogP contribution < -0.4 is 15.8 Å². The van der Waals surface area contributed by atoms with Crippen molar-refractivity contribution < 1.29 is 41.3 Å². The van der Waals surface area contributed by atoms with Gasteiger partial charge in [0.25, 0.3) is 12.3 Å². The van der Waals surface area contributed by atoms with Crippen LogP contribution in [0.15, 0.2) is 77.3 Å². The smallest absolute Gasteiger partial charge is 0.317 e. The summed E-state index contributed by atoms with van der Waals surface area (Å²) >= 11 is 12.1. The van der Waals surface area contributed by atoms with E-state index in [-0.39, 0.29) is 46.6 Å². The predicted molar refractivity (Wildman–Crippen MR) is 172 cm³/mol. The summed E-state index contributed by atoms with van der Waals surface area (Å²) in [6.07, 6.45) is -2.75. The number of hydrogen-bond donors (Lipinski definition) is 2. The lowest BCUT2D eigenvalue weighted by atomic mass is 10.2. The Hall–Kier alpha value is -4.70. The van der Waals surface area contributed by atoms with Crippen LogP contribution in [0.1, 0.15) is 18.1 Å². The molecular formula is C32H30Cl2F4N6O5. The van der Waals surface area contributed by atoms with Crippen molar-refractivity contribution in [2.45, 2.75) is 32.5 Å². The third-order valence-corrected chi connectivity index (χ3v) is 7.85. The normalized spacial score (nSPS) is 11.7. The van der Waals surface area contributed by atoms with Gasteiger partial charge in [0.2, 0.25) is 12.3 Å². The van der Waals surface area contributed by atoms with E-state index in [2.05, 4.69) is 15.9 Å². The molecule has 3 aromatic carbocycles. The van der Waals surface area contributed by atoms with Crippen LogP contribution in [-0.4, -0.2) is 65.6 Å². The Kier molecular flexibility index (Phi) is 13.4. The van der Waals surface area contributed by atoms with E-state index in [4.69, 9.17) is 32.6 Å². The fourth-order valence-corrected chi connectivity index (χ4v) is 5.00. The minimum absolute atomic E-state index is 0.143. The number of rotatable bonds is 16. The molecule has 17 heteroatoms. The number of hydrogen-bond acceptors (Lipinski definition) is 7. The Balaban J connectivity index is 1.59. The van der Waals surface area contributed by atoms with Crippen molar-refractivity contribution in [1.29, 1.82) is 0 Å². The Morgan fingerprint density at radius 1 is 0.939 bits per heavy atom. The number of alkyl halides is 2. The van der Waals surface area contributed by atoms with E-state index in [1.54, 1.807) is 30.3 Å². The number of amides is 4. The van der Waals surface area contributed by atoms with E-state index in [9.17, 15) is 31.9 Å². The lowest BCUT2D eigenvalue weighted by Crippen LogP contribution is -2.57. The van der Waals surface area contributed by atoms with Gasteiger partial charge in [0.1, 0.15) is 17.3 Å². The van der Waals surface area contributed by atoms with E-state index in [0.29, 0.717) is 21.2 Å². The van der Waals surface area contributed by atoms with Gasteiger partial charge in [0.05, 0.1) is 29.2 Å². The summed E-state index contributed by atoms with van der Waals surface area (Å²) in [6.45, 7) is -1.58. The van der Waals surface area contributed by atoms with Gasteiger partial charge in [-0.3, -0.25) is 19.4 Å². The van der Waals surface area contributed by atoms with E-state index >= 15 is 0 Å². The number of carbonyl (C=O) groups excluding carboxylic acids is 3. The van der Waals surface area contributed by atoms with Crippen molar-refractivity contribution in [3.8, 4) is 11.3 Å². The van der Waals surface area contributed by atoms with Crippen LogP contribution in [0.5, 0.6) is 0 Å². The number of nitrogens with zero attached hydrogens (tertiary/aromatic N) is 4. The maximum atomic E-state index is 14.1. The minimum Gasteiger partial charge on any atom is -0.335 e. The lowest BCUT2D eigenvalue weighted by molar-refractivity contribution is -0.138. The van der Waals surface area contributed by atoms with Crippen molar-refractivity contribution in [3.05, 3.63) is 106 Å². The number of aromatic nitrogens is 1. The van der Waals surface area contributed by atoms with Gasteiger partial charge >= 0.3 is 6.03 Å². The first-order chi connectivity index (χ1) is 23.5. The van der Waals surface area contributed by atoms with E-state index < -0.39 is 55.7 Å². The first-order valence-electron chi connectivity index (χ1n) is 14.6. The maximum absolute atomic E-state index is 14.1. The van der Waals surface area contributed by atoms with Crippen LogP contribution in [0.2, 0.25) is 10.0 Å². The highest BCUT2D eigenvalue weighted by Crippen LogP contribution is 2.25. The molecular weight excluding hydrogens is 695 g/mol. The molecule has 0 saturated carbocycles. The first kappa shape index (κ1) is 37.1. The molecule has 49 heavy (non-hydrogen) atoms. The molecule has 2 N–H and O–H groups in total. The van der Waals surface area contributed by atoms with Crippen LogP contribution in [0, 0.1) is 11.6 Å². The summed E-state index contributed by atoms with van der Waals surface area (Å²) in [5.74, 6) is -2.25.